The highest BCUT2D eigenvalue weighted by Gasteiger charge is 2.12. The highest BCUT2D eigenvalue weighted by molar-refractivity contribution is 6.31. The second-order valence-electron chi connectivity index (χ2n) is 8.31. The van der Waals surface area contributed by atoms with Crippen molar-refractivity contribution in [1.29, 1.82) is 0 Å². The van der Waals surface area contributed by atoms with E-state index in [1.54, 1.807) is 13.2 Å². The highest BCUT2D eigenvalue weighted by atomic mass is 35.5. The summed E-state index contributed by atoms with van der Waals surface area (Å²) >= 11 is 6.62. The van der Waals surface area contributed by atoms with Crippen LogP contribution in [0, 0.1) is 0 Å². The van der Waals surface area contributed by atoms with Gasteiger partial charge in [0.2, 0.25) is 0 Å². The van der Waals surface area contributed by atoms with Gasteiger partial charge in [-0.2, -0.15) is 0 Å². The van der Waals surface area contributed by atoms with Crippen molar-refractivity contribution in [2.75, 3.05) is 37.5 Å². The van der Waals surface area contributed by atoms with Crippen LogP contribution in [-0.4, -0.2) is 53.7 Å². The zero-order valence-electron chi connectivity index (χ0n) is 22.1. The van der Waals surface area contributed by atoms with Crippen molar-refractivity contribution in [3.63, 3.8) is 0 Å². The lowest BCUT2D eigenvalue weighted by Gasteiger charge is -2.13. The third-order valence-corrected chi connectivity index (χ3v) is 5.84. The number of aliphatic hydroxyl groups is 1. The van der Waals surface area contributed by atoms with Gasteiger partial charge in [0.1, 0.15) is 24.5 Å². The van der Waals surface area contributed by atoms with Crippen LogP contribution in [0.25, 0.3) is 10.9 Å². The molecule has 1 aromatic heterocycles. The predicted molar refractivity (Wildman–Crippen MR) is 156 cm³/mol. The maximum Gasteiger partial charge on any atom is 0.288 e. The van der Waals surface area contributed by atoms with Gasteiger partial charge in [-0.1, -0.05) is 30.7 Å². The molecule has 2 aromatic rings. The van der Waals surface area contributed by atoms with E-state index in [1.807, 2.05) is 56.4 Å². The molecular formula is C28H35ClN6O3. The second-order valence-corrected chi connectivity index (χ2v) is 8.72. The van der Waals surface area contributed by atoms with Crippen LogP contribution in [0.4, 0.5) is 11.5 Å². The molecule has 1 aliphatic carbocycles. The smallest absolute Gasteiger partial charge is 0.288 e. The molecule has 0 atom stereocenters. The highest BCUT2D eigenvalue weighted by Crippen LogP contribution is 2.27. The number of fused-ring (bicyclic) bond motifs is 1. The van der Waals surface area contributed by atoms with Crippen LogP contribution < -0.4 is 10.6 Å². The van der Waals surface area contributed by atoms with Crippen molar-refractivity contribution >= 4 is 45.7 Å². The van der Waals surface area contributed by atoms with Crippen molar-refractivity contribution in [1.82, 2.24) is 9.97 Å². The molecule has 0 bridgehead atoms. The molecular weight excluding hydrogens is 504 g/mol. The van der Waals surface area contributed by atoms with E-state index in [0.717, 1.165) is 40.8 Å². The Morgan fingerprint density at radius 1 is 1.26 bits per heavy atom. The van der Waals surface area contributed by atoms with E-state index in [9.17, 15) is 0 Å². The number of benzene rings is 1. The number of rotatable bonds is 12. The first-order valence-corrected chi connectivity index (χ1v) is 13.0. The molecule has 10 heteroatoms. The molecule has 0 radical (unpaired) electrons. The number of aliphatic imine (C=N–C) groups is 2. The minimum atomic E-state index is 0.141. The number of hydrogen-bond acceptors (Lipinski definition) is 8. The van der Waals surface area contributed by atoms with Gasteiger partial charge in [0.25, 0.3) is 6.02 Å². The van der Waals surface area contributed by atoms with Crippen molar-refractivity contribution in [3.8, 4) is 0 Å². The Morgan fingerprint density at radius 2 is 2.13 bits per heavy atom. The summed E-state index contributed by atoms with van der Waals surface area (Å²) in [6, 6.07) is 6.14. The molecule has 202 valence electrons. The van der Waals surface area contributed by atoms with E-state index in [-0.39, 0.29) is 6.61 Å². The van der Waals surface area contributed by atoms with E-state index < -0.39 is 0 Å². The summed E-state index contributed by atoms with van der Waals surface area (Å²) in [5.41, 5.74) is 3.28. The third kappa shape index (κ3) is 8.71. The van der Waals surface area contributed by atoms with Crippen molar-refractivity contribution < 1.29 is 14.6 Å². The molecule has 0 amide bonds. The van der Waals surface area contributed by atoms with Crippen LogP contribution in [0.3, 0.4) is 0 Å². The van der Waals surface area contributed by atoms with E-state index in [4.69, 9.17) is 26.2 Å². The first-order chi connectivity index (χ1) is 18.6. The number of nitrogens with zero attached hydrogens (tertiary/aromatic N) is 4. The van der Waals surface area contributed by atoms with Crippen molar-refractivity contribution in [3.05, 3.63) is 71.5 Å². The molecule has 0 fully saturated rings. The number of aliphatic hydroxyl groups excluding tert-OH is 1. The standard InChI is InChI=1S/C28H35ClN6O3/c1-4-13-31-20(5-2)18-38-26-10-8-9-21(17-24(26)29)34-27-23-16-22(11-12-25(23)32-19-33-27)35-28(30-3)37-15-7-6-14-36/h4,8-9,11-13,16-17,19,36H,5-7,10,14-15,18H2,1-3H3,(H,30,35)(H,32,33,34)/b13-4-,31-20?. The molecule has 0 aliphatic heterocycles. The molecule has 1 heterocycles. The van der Waals surface area contributed by atoms with Crippen molar-refractivity contribution in [2.24, 2.45) is 9.98 Å². The van der Waals surface area contributed by atoms with Gasteiger partial charge in [-0.15, -0.1) is 0 Å². The lowest BCUT2D eigenvalue weighted by Crippen LogP contribution is -2.17. The molecule has 0 saturated heterocycles. The molecule has 0 spiro atoms. The number of amidine groups is 1. The van der Waals surface area contributed by atoms with Gasteiger partial charge in [0, 0.05) is 43.0 Å². The number of nitrogens with one attached hydrogen (secondary N) is 2. The molecule has 3 N–H and O–H groups in total. The molecule has 0 saturated carbocycles. The number of halogens is 1. The van der Waals surface area contributed by atoms with Gasteiger partial charge in [-0.05, 0) is 56.5 Å². The molecule has 1 aliphatic rings. The normalized spacial score (nSPS) is 14.6. The largest absolute Gasteiger partial charge is 0.490 e. The molecule has 9 nitrogen and oxygen atoms in total. The summed E-state index contributed by atoms with van der Waals surface area (Å²) in [6.07, 6.45) is 13.7. The first-order valence-electron chi connectivity index (χ1n) is 12.6. The average Bonchev–Trinajstić information content (AvgIpc) is 3.11. The summed E-state index contributed by atoms with van der Waals surface area (Å²) in [6.45, 7) is 4.97. The molecule has 3 rings (SSSR count). The minimum absolute atomic E-state index is 0.141. The Kier molecular flexibility index (Phi) is 11.8. The van der Waals surface area contributed by atoms with Gasteiger partial charge in [-0.3, -0.25) is 4.99 Å². The fourth-order valence-corrected chi connectivity index (χ4v) is 3.72. The Bertz CT molecular complexity index is 1270. The van der Waals surface area contributed by atoms with Crippen molar-refractivity contribution in [2.45, 2.75) is 39.5 Å². The Morgan fingerprint density at radius 3 is 2.89 bits per heavy atom. The topological polar surface area (TPSA) is 113 Å². The number of allylic oxidation sites excluding steroid dienone is 5. The molecule has 1 aromatic carbocycles. The van der Waals surface area contributed by atoms with Crippen LogP contribution in [-0.2, 0) is 9.47 Å². The number of aromatic nitrogens is 2. The van der Waals surface area contributed by atoms with Crippen LogP contribution in [0.2, 0.25) is 0 Å². The summed E-state index contributed by atoms with van der Waals surface area (Å²) in [4.78, 5) is 17.4. The predicted octanol–water partition coefficient (Wildman–Crippen LogP) is 5.92. The summed E-state index contributed by atoms with van der Waals surface area (Å²) in [5.74, 6) is 1.32. The third-order valence-electron chi connectivity index (χ3n) is 5.52. The number of ether oxygens (including phenoxy) is 2. The second kappa shape index (κ2) is 15.5. The van der Waals surface area contributed by atoms with E-state index in [1.165, 1.54) is 6.33 Å². The fourth-order valence-electron chi connectivity index (χ4n) is 3.48. The molecule has 0 unspecified atom stereocenters. The average molecular weight is 539 g/mol. The zero-order valence-corrected chi connectivity index (χ0v) is 22.8. The molecule has 38 heavy (non-hydrogen) atoms. The first kappa shape index (κ1) is 28.9. The van der Waals surface area contributed by atoms with Gasteiger partial charge >= 0.3 is 0 Å². The SMILES string of the molecule is C/C=C\N=C(CC)COC1=C(Cl)C=C(Nc2ncnc3ccc(NC(=NC)OCCCCO)cc23)C=CC1. The van der Waals surface area contributed by atoms with Crippen LogP contribution in [0.5, 0.6) is 0 Å². The summed E-state index contributed by atoms with van der Waals surface area (Å²) in [7, 11) is 1.66. The van der Waals surface area contributed by atoms with Crippen LogP contribution >= 0.6 is 11.6 Å². The van der Waals surface area contributed by atoms with E-state index >= 15 is 0 Å². The summed E-state index contributed by atoms with van der Waals surface area (Å²) < 4.78 is 11.7. The lowest BCUT2D eigenvalue weighted by molar-refractivity contribution is 0.247. The van der Waals surface area contributed by atoms with Gasteiger partial charge in [0.05, 0.1) is 22.9 Å². The summed E-state index contributed by atoms with van der Waals surface area (Å²) in [5, 5.41) is 16.8. The minimum Gasteiger partial charge on any atom is -0.490 e. The lowest BCUT2D eigenvalue weighted by atomic mass is 10.2. The maximum atomic E-state index is 8.94. The van der Waals surface area contributed by atoms with Crippen LogP contribution in [0.1, 0.15) is 39.5 Å². The Hall–Kier alpha value is -3.69. The quantitative estimate of drug-likeness (QED) is 0.174. The number of hydrogen-bond donors (Lipinski definition) is 3. The van der Waals surface area contributed by atoms with E-state index in [2.05, 4.69) is 30.6 Å². The maximum absolute atomic E-state index is 8.94. The monoisotopic (exact) mass is 538 g/mol. The van der Waals surface area contributed by atoms with Gasteiger partial charge in [0.15, 0.2) is 0 Å². The Labute approximate surface area is 228 Å². The number of anilines is 2. The van der Waals surface area contributed by atoms with Gasteiger partial charge < -0.3 is 25.2 Å². The van der Waals surface area contributed by atoms with Gasteiger partial charge in [-0.25, -0.2) is 15.0 Å². The van der Waals surface area contributed by atoms with Crippen LogP contribution in [0.15, 0.2) is 81.5 Å². The van der Waals surface area contributed by atoms with E-state index in [0.29, 0.717) is 48.7 Å². The fraction of sp³-hybridized carbons (Fsp3) is 0.357. The Balaban J connectivity index is 1.76. The zero-order chi connectivity index (χ0) is 27.2. The number of unbranched alkanes of at least 4 members (excludes halogenated alkanes) is 1.